The second kappa shape index (κ2) is 7.35. The van der Waals surface area contributed by atoms with E-state index in [0.29, 0.717) is 0 Å². The number of rotatable bonds is 4. The van der Waals surface area contributed by atoms with Gasteiger partial charge in [-0.2, -0.15) is 0 Å². The van der Waals surface area contributed by atoms with Crippen molar-refractivity contribution in [1.82, 2.24) is 9.80 Å². The SMILES string of the molecule is Cc1cccc(OCC(=O)N2CCN(C3CCCC3)CC2)c1C. The van der Waals surface area contributed by atoms with Crippen molar-refractivity contribution in [2.45, 2.75) is 45.6 Å². The van der Waals surface area contributed by atoms with Crippen molar-refractivity contribution in [3.8, 4) is 5.75 Å². The average Bonchev–Trinajstić information content (AvgIpc) is 3.10. The van der Waals surface area contributed by atoms with Crippen molar-refractivity contribution in [3.05, 3.63) is 29.3 Å². The highest BCUT2D eigenvalue weighted by molar-refractivity contribution is 5.78. The molecule has 1 aromatic rings. The van der Waals surface area contributed by atoms with E-state index in [4.69, 9.17) is 4.74 Å². The molecule has 0 N–H and O–H groups in total. The van der Waals surface area contributed by atoms with Crippen LogP contribution in [-0.4, -0.2) is 54.5 Å². The Morgan fingerprint density at radius 1 is 1.13 bits per heavy atom. The third kappa shape index (κ3) is 3.86. The van der Waals surface area contributed by atoms with Gasteiger partial charge in [-0.3, -0.25) is 9.69 Å². The van der Waals surface area contributed by atoms with Gasteiger partial charge >= 0.3 is 0 Å². The minimum atomic E-state index is 0.108. The molecule has 126 valence electrons. The van der Waals surface area contributed by atoms with Gasteiger partial charge in [0.2, 0.25) is 0 Å². The van der Waals surface area contributed by atoms with Crippen LogP contribution in [0.5, 0.6) is 5.75 Å². The summed E-state index contributed by atoms with van der Waals surface area (Å²) >= 11 is 0. The molecule has 2 aliphatic rings. The summed E-state index contributed by atoms with van der Waals surface area (Å²) in [5, 5.41) is 0. The lowest BCUT2D eigenvalue weighted by Gasteiger charge is -2.38. The standard InChI is InChI=1S/C19H28N2O2/c1-15-6-5-9-18(16(15)2)23-14-19(22)21-12-10-20(11-13-21)17-7-3-4-8-17/h5-6,9,17H,3-4,7-8,10-14H2,1-2H3. The Balaban J connectivity index is 1.47. The van der Waals surface area contributed by atoms with Crippen LogP contribution in [0.2, 0.25) is 0 Å². The highest BCUT2D eigenvalue weighted by atomic mass is 16.5. The van der Waals surface area contributed by atoms with Crippen molar-refractivity contribution in [2.75, 3.05) is 32.8 Å². The average molecular weight is 316 g/mol. The molecule has 1 saturated carbocycles. The first-order valence-corrected chi connectivity index (χ1v) is 8.86. The molecule has 3 rings (SSSR count). The molecule has 4 nitrogen and oxygen atoms in total. The number of hydrogen-bond acceptors (Lipinski definition) is 3. The molecule has 0 radical (unpaired) electrons. The topological polar surface area (TPSA) is 32.8 Å². The van der Waals surface area contributed by atoms with Crippen LogP contribution in [0.15, 0.2) is 18.2 Å². The number of carbonyl (C=O) groups is 1. The number of piperazine rings is 1. The molecule has 0 bridgehead atoms. The van der Waals surface area contributed by atoms with Gasteiger partial charge in [0.1, 0.15) is 5.75 Å². The Morgan fingerprint density at radius 3 is 2.52 bits per heavy atom. The molecule has 4 heteroatoms. The van der Waals surface area contributed by atoms with E-state index in [1.807, 2.05) is 24.0 Å². The Bertz CT molecular complexity index is 544. The molecule has 0 aromatic heterocycles. The number of aryl methyl sites for hydroxylation is 1. The van der Waals surface area contributed by atoms with Crippen LogP contribution < -0.4 is 4.74 Å². The van der Waals surface area contributed by atoms with Crippen LogP contribution in [0.4, 0.5) is 0 Å². The highest BCUT2D eigenvalue weighted by Gasteiger charge is 2.27. The quantitative estimate of drug-likeness (QED) is 0.856. The van der Waals surface area contributed by atoms with Crippen LogP contribution in [0.3, 0.4) is 0 Å². The van der Waals surface area contributed by atoms with Gasteiger partial charge < -0.3 is 9.64 Å². The number of hydrogen-bond donors (Lipinski definition) is 0. The van der Waals surface area contributed by atoms with Crippen molar-refractivity contribution in [2.24, 2.45) is 0 Å². The largest absolute Gasteiger partial charge is 0.483 e. The van der Waals surface area contributed by atoms with Crippen LogP contribution in [0, 0.1) is 13.8 Å². The predicted molar refractivity (Wildman–Crippen MR) is 91.8 cm³/mol. The summed E-state index contributed by atoms with van der Waals surface area (Å²) in [6, 6.07) is 6.74. The van der Waals surface area contributed by atoms with Gasteiger partial charge in [-0.1, -0.05) is 25.0 Å². The van der Waals surface area contributed by atoms with Gasteiger partial charge in [0.05, 0.1) is 0 Å². The van der Waals surface area contributed by atoms with Crippen molar-refractivity contribution in [3.63, 3.8) is 0 Å². The molecule has 2 fully saturated rings. The van der Waals surface area contributed by atoms with Gasteiger partial charge in [-0.15, -0.1) is 0 Å². The Morgan fingerprint density at radius 2 is 1.83 bits per heavy atom. The molecular weight excluding hydrogens is 288 g/mol. The Labute approximate surface area is 139 Å². The summed E-state index contributed by atoms with van der Waals surface area (Å²) in [5.41, 5.74) is 2.31. The van der Waals surface area contributed by atoms with E-state index < -0.39 is 0 Å². The third-order valence-corrected chi connectivity index (χ3v) is 5.41. The van der Waals surface area contributed by atoms with E-state index in [2.05, 4.69) is 17.9 Å². The fourth-order valence-corrected chi connectivity index (χ4v) is 3.72. The minimum absolute atomic E-state index is 0.108. The molecule has 0 spiro atoms. The van der Waals surface area contributed by atoms with E-state index in [-0.39, 0.29) is 12.5 Å². The lowest BCUT2D eigenvalue weighted by atomic mass is 10.1. The molecule has 23 heavy (non-hydrogen) atoms. The van der Waals surface area contributed by atoms with E-state index in [1.165, 1.54) is 31.2 Å². The number of benzene rings is 1. The van der Waals surface area contributed by atoms with Gasteiger partial charge in [0.25, 0.3) is 5.91 Å². The maximum Gasteiger partial charge on any atom is 0.260 e. The van der Waals surface area contributed by atoms with Crippen LogP contribution in [0.1, 0.15) is 36.8 Å². The molecular formula is C19H28N2O2. The fraction of sp³-hybridized carbons (Fsp3) is 0.632. The van der Waals surface area contributed by atoms with Crippen molar-refractivity contribution < 1.29 is 9.53 Å². The zero-order valence-corrected chi connectivity index (χ0v) is 14.4. The monoisotopic (exact) mass is 316 g/mol. The summed E-state index contributed by atoms with van der Waals surface area (Å²) < 4.78 is 5.75. The maximum atomic E-state index is 12.4. The van der Waals surface area contributed by atoms with Gasteiger partial charge in [0.15, 0.2) is 6.61 Å². The summed E-state index contributed by atoms with van der Waals surface area (Å²) in [4.78, 5) is 16.9. The summed E-state index contributed by atoms with van der Waals surface area (Å²) in [5.74, 6) is 0.930. The number of nitrogens with zero attached hydrogens (tertiary/aromatic N) is 2. The maximum absolute atomic E-state index is 12.4. The minimum Gasteiger partial charge on any atom is -0.483 e. The summed E-state index contributed by atoms with van der Waals surface area (Å²) in [6.07, 6.45) is 5.41. The third-order valence-electron chi connectivity index (χ3n) is 5.41. The zero-order chi connectivity index (χ0) is 16.2. The van der Waals surface area contributed by atoms with Gasteiger partial charge in [-0.05, 0) is 43.9 Å². The Kier molecular flexibility index (Phi) is 5.21. The second-order valence-corrected chi connectivity index (χ2v) is 6.84. The van der Waals surface area contributed by atoms with E-state index in [9.17, 15) is 4.79 Å². The molecule has 0 unspecified atom stereocenters. The molecule has 0 atom stereocenters. The van der Waals surface area contributed by atoms with Crippen LogP contribution in [-0.2, 0) is 4.79 Å². The first-order valence-electron chi connectivity index (χ1n) is 8.86. The molecule has 1 aromatic carbocycles. The predicted octanol–water partition coefficient (Wildman–Crippen LogP) is 2.77. The van der Waals surface area contributed by atoms with Gasteiger partial charge in [-0.25, -0.2) is 0 Å². The normalized spacial score (nSPS) is 20.0. The number of amides is 1. The number of carbonyl (C=O) groups excluding carboxylic acids is 1. The first-order chi connectivity index (χ1) is 11.1. The number of ether oxygens (including phenoxy) is 1. The lowest BCUT2D eigenvalue weighted by molar-refractivity contribution is -0.135. The van der Waals surface area contributed by atoms with Crippen molar-refractivity contribution >= 4 is 5.91 Å². The summed E-state index contributed by atoms with van der Waals surface area (Å²) in [6.45, 7) is 7.95. The fourth-order valence-electron chi connectivity index (χ4n) is 3.72. The second-order valence-electron chi connectivity index (χ2n) is 6.84. The van der Waals surface area contributed by atoms with E-state index >= 15 is 0 Å². The van der Waals surface area contributed by atoms with E-state index in [0.717, 1.165) is 43.5 Å². The lowest BCUT2D eigenvalue weighted by Crippen LogP contribution is -2.52. The van der Waals surface area contributed by atoms with Crippen molar-refractivity contribution in [1.29, 1.82) is 0 Å². The molecule has 1 heterocycles. The van der Waals surface area contributed by atoms with E-state index in [1.54, 1.807) is 0 Å². The smallest absolute Gasteiger partial charge is 0.260 e. The molecule has 1 saturated heterocycles. The molecule has 1 aliphatic heterocycles. The zero-order valence-electron chi connectivity index (χ0n) is 14.4. The summed E-state index contributed by atoms with van der Waals surface area (Å²) in [7, 11) is 0. The molecule has 1 aliphatic carbocycles. The van der Waals surface area contributed by atoms with Crippen LogP contribution in [0.25, 0.3) is 0 Å². The first kappa shape index (κ1) is 16.3. The van der Waals surface area contributed by atoms with Crippen LogP contribution >= 0.6 is 0 Å². The highest BCUT2D eigenvalue weighted by Crippen LogP contribution is 2.24. The van der Waals surface area contributed by atoms with Gasteiger partial charge in [0, 0.05) is 32.2 Å². The molecule has 1 amide bonds. The Hall–Kier alpha value is -1.55.